The molecule has 4 unspecified atom stereocenters. The van der Waals surface area contributed by atoms with E-state index in [0.29, 0.717) is 5.41 Å². The van der Waals surface area contributed by atoms with Crippen molar-refractivity contribution in [3.05, 3.63) is 12.2 Å². The number of hydrogen-bond acceptors (Lipinski definition) is 0. The van der Waals surface area contributed by atoms with Gasteiger partial charge in [-0.1, -0.05) is 38.8 Å². The van der Waals surface area contributed by atoms with E-state index in [-0.39, 0.29) is 0 Å². The summed E-state index contributed by atoms with van der Waals surface area (Å²) < 4.78 is 0. The smallest absolute Gasteiger partial charge is 0.0107 e. The molecule has 0 saturated heterocycles. The molecule has 12 heavy (non-hydrogen) atoms. The average molecular weight is 162 g/mol. The van der Waals surface area contributed by atoms with E-state index in [2.05, 4.69) is 26.0 Å². The van der Waals surface area contributed by atoms with Crippen molar-refractivity contribution in [2.45, 2.75) is 39.5 Å². The van der Waals surface area contributed by atoms with Gasteiger partial charge in [-0.2, -0.15) is 0 Å². The number of fused-ring (bicyclic) bond motifs is 1. The lowest BCUT2D eigenvalue weighted by Crippen LogP contribution is -2.16. The van der Waals surface area contributed by atoms with Crippen molar-refractivity contribution in [3.63, 3.8) is 0 Å². The van der Waals surface area contributed by atoms with Gasteiger partial charge in [0.05, 0.1) is 0 Å². The van der Waals surface area contributed by atoms with Crippen molar-refractivity contribution < 1.29 is 0 Å². The van der Waals surface area contributed by atoms with E-state index in [9.17, 15) is 0 Å². The minimum Gasteiger partial charge on any atom is -0.0840 e. The van der Waals surface area contributed by atoms with E-state index < -0.39 is 0 Å². The summed E-state index contributed by atoms with van der Waals surface area (Å²) in [6.45, 7) is 4.99. The van der Waals surface area contributed by atoms with Crippen LogP contribution in [0.1, 0.15) is 39.5 Å². The maximum Gasteiger partial charge on any atom is -0.0107 e. The van der Waals surface area contributed by atoms with Gasteiger partial charge in [-0.25, -0.2) is 0 Å². The Kier molecular flexibility index (Phi) is 1.08. The minimum atomic E-state index is 0.593. The number of rotatable bonds is 0. The fraction of sp³-hybridized carbons (Fsp3) is 0.833. The fourth-order valence-corrected chi connectivity index (χ4v) is 4.09. The second-order valence-electron chi connectivity index (χ2n) is 5.58. The number of hydrogen-bond donors (Lipinski definition) is 0. The average Bonchev–Trinajstić information content (AvgIpc) is 2.46. The summed E-state index contributed by atoms with van der Waals surface area (Å²) >= 11 is 0. The molecule has 4 atom stereocenters. The van der Waals surface area contributed by atoms with E-state index in [1.54, 1.807) is 0 Å². The van der Waals surface area contributed by atoms with Gasteiger partial charge in [0.15, 0.2) is 0 Å². The molecule has 0 spiro atoms. The molecule has 0 heterocycles. The number of allylic oxidation sites excluding steroid dienone is 2. The predicted molar refractivity (Wildman–Crippen MR) is 50.8 cm³/mol. The Morgan fingerprint density at radius 2 is 1.92 bits per heavy atom. The zero-order valence-corrected chi connectivity index (χ0v) is 8.14. The van der Waals surface area contributed by atoms with Crippen LogP contribution >= 0.6 is 0 Å². The van der Waals surface area contributed by atoms with Gasteiger partial charge in [0.2, 0.25) is 0 Å². The molecule has 3 rings (SSSR count). The quantitative estimate of drug-likeness (QED) is 0.479. The molecule has 0 aromatic carbocycles. The zero-order valence-electron chi connectivity index (χ0n) is 8.14. The Labute approximate surface area is 75.0 Å². The van der Waals surface area contributed by atoms with Crippen LogP contribution in [0.5, 0.6) is 0 Å². The topological polar surface area (TPSA) is 0 Å². The van der Waals surface area contributed by atoms with E-state index in [1.165, 1.54) is 25.7 Å². The monoisotopic (exact) mass is 162 g/mol. The highest BCUT2D eigenvalue weighted by molar-refractivity contribution is 5.31. The fourth-order valence-electron chi connectivity index (χ4n) is 4.09. The van der Waals surface area contributed by atoms with Crippen LogP contribution in [0, 0.1) is 22.7 Å². The third-order valence-corrected chi connectivity index (χ3v) is 4.80. The van der Waals surface area contributed by atoms with Crippen molar-refractivity contribution in [3.8, 4) is 0 Å². The van der Waals surface area contributed by atoms with Crippen molar-refractivity contribution in [2.24, 2.45) is 22.7 Å². The summed E-state index contributed by atoms with van der Waals surface area (Å²) in [5.74, 6) is 1.98. The maximum absolute atomic E-state index is 2.51. The molecule has 0 heteroatoms. The molecule has 66 valence electrons. The summed E-state index contributed by atoms with van der Waals surface area (Å²) in [4.78, 5) is 0. The molecular formula is C12H18. The Morgan fingerprint density at radius 1 is 1.17 bits per heavy atom. The normalized spacial score (nSPS) is 61.2. The summed E-state index contributed by atoms with van der Waals surface area (Å²) in [7, 11) is 0. The van der Waals surface area contributed by atoms with E-state index in [4.69, 9.17) is 0 Å². The molecule has 0 aromatic rings. The highest BCUT2D eigenvalue weighted by Crippen LogP contribution is 2.74. The van der Waals surface area contributed by atoms with Gasteiger partial charge in [0, 0.05) is 0 Å². The van der Waals surface area contributed by atoms with Gasteiger partial charge in [0.1, 0.15) is 0 Å². The molecule has 3 aliphatic carbocycles. The molecule has 0 aromatic heterocycles. The van der Waals surface area contributed by atoms with Crippen molar-refractivity contribution >= 4 is 0 Å². The molecule has 0 nitrogen and oxygen atoms in total. The molecule has 0 radical (unpaired) electrons. The Hall–Kier alpha value is -0.260. The molecule has 3 aliphatic rings. The van der Waals surface area contributed by atoms with Gasteiger partial charge < -0.3 is 0 Å². The second-order valence-corrected chi connectivity index (χ2v) is 5.58. The van der Waals surface area contributed by atoms with Crippen molar-refractivity contribution in [2.75, 3.05) is 0 Å². The predicted octanol–water partition coefficient (Wildman–Crippen LogP) is 3.39. The van der Waals surface area contributed by atoms with Gasteiger partial charge in [-0.3, -0.25) is 0 Å². The summed E-state index contributed by atoms with van der Waals surface area (Å²) in [5.41, 5.74) is 1.32. The summed E-state index contributed by atoms with van der Waals surface area (Å²) in [6, 6.07) is 0. The zero-order chi connectivity index (χ0) is 8.40. The largest absolute Gasteiger partial charge is 0.0840 e. The molecule has 2 fully saturated rings. The molecule has 0 bridgehead atoms. The highest BCUT2D eigenvalue weighted by atomic mass is 14.7. The van der Waals surface area contributed by atoms with Crippen molar-refractivity contribution in [1.82, 2.24) is 0 Å². The first kappa shape index (κ1) is 7.17. The molecule has 0 N–H and O–H groups in total. The van der Waals surface area contributed by atoms with Gasteiger partial charge in [0.25, 0.3) is 0 Å². The summed E-state index contributed by atoms with van der Waals surface area (Å²) in [6.07, 6.45) is 10.9. The maximum atomic E-state index is 2.51. The Balaban J connectivity index is 2.02. The molecule has 0 aliphatic heterocycles. The first-order valence-corrected chi connectivity index (χ1v) is 5.36. The Bertz CT molecular complexity index is 253. The third-order valence-electron chi connectivity index (χ3n) is 4.80. The summed E-state index contributed by atoms with van der Waals surface area (Å²) in [5, 5.41) is 0. The van der Waals surface area contributed by atoms with E-state index in [0.717, 1.165) is 17.3 Å². The SMILES string of the molecule is CC12C=CC3C1C3(C)CCCC2. The third kappa shape index (κ3) is 0.616. The van der Waals surface area contributed by atoms with Crippen LogP contribution in [0.25, 0.3) is 0 Å². The van der Waals surface area contributed by atoms with E-state index >= 15 is 0 Å². The van der Waals surface area contributed by atoms with E-state index in [1.807, 2.05) is 0 Å². The van der Waals surface area contributed by atoms with Crippen LogP contribution < -0.4 is 0 Å². The van der Waals surface area contributed by atoms with Crippen LogP contribution in [0.2, 0.25) is 0 Å². The van der Waals surface area contributed by atoms with Gasteiger partial charge in [-0.15, -0.1) is 0 Å². The molecule has 2 saturated carbocycles. The first-order chi connectivity index (χ1) is 5.67. The molecular weight excluding hydrogens is 144 g/mol. The molecule has 0 amide bonds. The highest BCUT2D eigenvalue weighted by Gasteiger charge is 2.68. The van der Waals surface area contributed by atoms with Crippen molar-refractivity contribution in [1.29, 1.82) is 0 Å². The minimum absolute atomic E-state index is 0.593. The van der Waals surface area contributed by atoms with Crippen LogP contribution in [-0.4, -0.2) is 0 Å². The lowest BCUT2D eigenvalue weighted by molar-refractivity contribution is 0.307. The van der Waals surface area contributed by atoms with Crippen LogP contribution in [0.15, 0.2) is 12.2 Å². The first-order valence-electron chi connectivity index (χ1n) is 5.36. The van der Waals surface area contributed by atoms with Gasteiger partial charge in [-0.05, 0) is 35.5 Å². The lowest BCUT2D eigenvalue weighted by atomic mass is 9.80. The standard InChI is InChI=1S/C12H18/c1-11-6-3-4-7-12(2)9(5-8-11)10(11)12/h5,8-10H,3-4,6-7H2,1-2H3. The van der Waals surface area contributed by atoms with Crippen LogP contribution in [0.4, 0.5) is 0 Å². The lowest BCUT2D eigenvalue weighted by Gasteiger charge is -2.24. The van der Waals surface area contributed by atoms with Gasteiger partial charge >= 0.3 is 0 Å². The Morgan fingerprint density at radius 3 is 2.75 bits per heavy atom. The van der Waals surface area contributed by atoms with Crippen LogP contribution in [-0.2, 0) is 0 Å². The second kappa shape index (κ2) is 1.81. The van der Waals surface area contributed by atoms with Crippen LogP contribution in [0.3, 0.4) is 0 Å².